The first-order valence-electron chi connectivity index (χ1n) is 10.6. The molecule has 0 fully saturated rings. The Hall–Kier alpha value is -2.52. The molecule has 0 atom stereocenters. The van der Waals surface area contributed by atoms with Crippen LogP contribution in [0.1, 0.15) is 33.4 Å². The van der Waals surface area contributed by atoms with Crippen molar-refractivity contribution in [3.63, 3.8) is 0 Å². The third-order valence-corrected chi connectivity index (χ3v) is 8.48. The molecule has 0 radical (unpaired) electrons. The van der Waals surface area contributed by atoms with E-state index in [-0.39, 0.29) is 0 Å². The maximum atomic E-state index is 9.04. The van der Waals surface area contributed by atoms with Crippen LogP contribution in [0.25, 0.3) is 0 Å². The topological polar surface area (TPSA) is 56.8 Å². The van der Waals surface area contributed by atoms with Gasteiger partial charge in [0.25, 0.3) is 0 Å². The quantitative estimate of drug-likeness (QED) is 0.184. The van der Waals surface area contributed by atoms with Gasteiger partial charge < -0.3 is 0 Å². The van der Waals surface area contributed by atoms with Crippen LogP contribution in [0.2, 0.25) is 0 Å². The zero-order chi connectivity index (χ0) is 24.6. The van der Waals surface area contributed by atoms with Crippen LogP contribution in [0.4, 0.5) is 0 Å². The molecule has 0 saturated carbocycles. The molecule has 3 nitrogen and oxygen atoms in total. The Labute approximate surface area is 230 Å². The zero-order valence-corrected chi connectivity index (χ0v) is 23.2. The number of hydrogen-bond donors (Lipinski definition) is 0. The largest absolute Gasteiger partial charge is 0.237 e. The highest BCUT2D eigenvalue weighted by Crippen LogP contribution is 2.38. The molecular weight excluding hydrogens is 604 g/mol. The van der Waals surface area contributed by atoms with Gasteiger partial charge in [-0.15, -0.1) is 0 Å². The summed E-state index contributed by atoms with van der Waals surface area (Å²) in [6, 6.07) is 31.8. The highest BCUT2D eigenvalue weighted by Gasteiger charge is 2.13. The molecule has 0 saturated heterocycles. The number of benzene rings is 4. The molecule has 4 aromatic carbocycles. The number of hydrogen-bond acceptors (Lipinski definition) is 5. The lowest BCUT2D eigenvalue weighted by Gasteiger charge is -2.13. The van der Waals surface area contributed by atoms with Crippen molar-refractivity contribution in [1.29, 1.82) is 10.5 Å². The summed E-state index contributed by atoms with van der Waals surface area (Å²) in [5.41, 5.74) is 5.83. The van der Waals surface area contributed by atoms with Gasteiger partial charge in [-0.3, -0.25) is 0 Å². The predicted molar refractivity (Wildman–Crippen MR) is 149 cm³/mol. The van der Waals surface area contributed by atoms with E-state index in [0.717, 1.165) is 53.8 Å². The fourth-order valence-corrected chi connectivity index (χ4v) is 6.30. The van der Waals surface area contributed by atoms with Gasteiger partial charge in [0.05, 0.1) is 23.3 Å². The second kappa shape index (κ2) is 12.4. The van der Waals surface area contributed by atoms with Gasteiger partial charge in [0, 0.05) is 42.8 Å². The second-order valence-electron chi connectivity index (χ2n) is 7.64. The van der Waals surface area contributed by atoms with E-state index in [1.54, 1.807) is 0 Å². The van der Waals surface area contributed by atoms with Crippen LogP contribution in [0.3, 0.4) is 0 Å². The fourth-order valence-electron chi connectivity index (χ4n) is 3.47. The standard InChI is InChI=1S/C28H18Br2N2OS2/c29-25-3-1-5-27(23(25)15-19-7-11-21(17-31)12-8-19)34-33-35-28-6-2-4-26(30)24(28)16-20-9-13-22(18-32)14-10-20/h1-14H,15-16H2. The summed E-state index contributed by atoms with van der Waals surface area (Å²) in [7, 11) is 0. The molecule has 35 heavy (non-hydrogen) atoms. The van der Waals surface area contributed by atoms with Gasteiger partial charge in [0.15, 0.2) is 0 Å². The maximum absolute atomic E-state index is 9.04. The highest BCUT2D eigenvalue weighted by atomic mass is 79.9. The van der Waals surface area contributed by atoms with E-state index < -0.39 is 0 Å². The molecule has 0 aliphatic heterocycles. The Morgan fingerprint density at radius 2 is 1.00 bits per heavy atom. The molecule has 0 unspecified atom stereocenters. The third kappa shape index (κ3) is 6.79. The first kappa shape index (κ1) is 25.6. The van der Waals surface area contributed by atoms with Crippen molar-refractivity contribution < 1.29 is 3.63 Å². The van der Waals surface area contributed by atoms with Gasteiger partial charge in [0.1, 0.15) is 0 Å². The molecule has 0 bridgehead atoms. The van der Waals surface area contributed by atoms with Crippen LogP contribution in [-0.2, 0) is 16.5 Å². The zero-order valence-electron chi connectivity index (χ0n) is 18.4. The summed E-state index contributed by atoms with van der Waals surface area (Å²) < 4.78 is 8.09. The SMILES string of the molecule is N#Cc1ccc(Cc2c(Br)cccc2SOSc2cccc(Br)c2Cc2ccc(C#N)cc2)cc1. The summed E-state index contributed by atoms with van der Waals surface area (Å²) in [4.78, 5) is 2.06. The third-order valence-electron chi connectivity index (χ3n) is 5.33. The van der Waals surface area contributed by atoms with E-state index in [9.17, 15) is 0 Å². The monoisotopic (exact) mass is 620 g/mol. The minimum Gasteiger partial charge on any atom is -0.237 e. The van der Waals surface area contributed by atoms with Crippen molar-refractivity contribution in [3.8, 4) is 12.1 Å². The number of nitriles is 2. The van der Waals surface area contributed by atoms with Crippen molar-refractivity contribution in [2.24, 2.45) is 0 Å². The van der Waals surface area contributed by atoms with Crippen molar-refractivity contribution in [2.75, 3.05) is 0 Å². The first-order valence-corrected chi connectivity index (χ1v) is 13.7. The molecule has 4 rings (SSSR count). The summed E-state index contributed by atoms with van der Waals surface area (Å²) in [6.45, 7) is 0. The minimum atomic E-state index is 0.654. The minimum absolute atomic E-state index is 0.654. The van der Waals surface area contributed by atoms with Gasteiger partial charge in [-0.05, 0) is 83.6 Å². The summed E-state index contributed by atoms with van der Waals surface area (Å²) in [6.07, 6.45) is 1.45. The highest BCUT2D eigenvalue weighted by molar-refractivity contribution is 9.10. The number of rotatable bonds is 8. The average molecular weight is 622 g/mol. The van der Waals surface area contributed by atoms with Crippen molar-refractivity contribution in [1.82, 2.24) is 0 Å². The molecule has 172 valence electrons. The van der Waals surface area contributed by atoms with Crippen LogP contribution in [0.5, 0.6) is 0 Å². The normalized spacial score (nSPS) is 10.5. The van der Waals surface area contributed by atoms with Gasteiger partial charge >= 0.3 is 0 Å². The van der Waals surface area contributed by atoms with Gasteiger partial charge in [-0.1, -0.05) is 68.3 Å². The predicted octanol–water partition coefficient (Wildman–Crippen LogP) is 8.87. The molecule has 0 spiro atoms. The smallest absolute Gasteiger partial charge is 0.0991 e. The van der Waals surface area contributed by atoms with Crippen LogP contribution in [0.15, 0.2) is 104 Å². The molecule has 0 heterocycles. The van der Waals surface area contributed by atoms with Crippen molar-refractivity contribution >= 4 is 55.9 Å². The molecule has 0 aliphatic rings. The number of halogens is 2. The molecule has 0 aliphatic carbocycles. The molecule has 0 aromatic heterocycles. The average Bonchev–Trinajstić information content (AvgIpc) is 2.88. The number of nitrogens with zero attached hydrogens (tertiary/aromatic N) is 2. The Balaban J connectivity index is 1.47. The lowest BCUT2D eigenvalue weighted by Crippen LogP contribution is -1.94. The van der Waals surface area contributed by atoms with E-state index in [2.05, 4.69) is 44.0 Å². The van der Waals surface area contributed by atoms with E-state index in [1.807, 2.05) is 84.9 Å². The van der Waals surface area contributed by atoms with Crippen LogP contribution in [0, 0.1) is 22.7 Å². The first-order chi connectivity index (χ1) is 17.1. The van der Waals surface area contributed by atoms with Gasteiger partial charge in [-0.2, -0.15) is 10.5 Å². The lowest BCUT2D eigenvalue weighted by atomic mass is 10.0. The fraction of sp³-hybridized carbons (Fsp3) is 0.0714. The summed E-state index contributed by atoms with van der Waals surface area (Å²) in [5, 5.41) is 18.1. The van der Waals surface area contributed by atoms with E-state index in [0.29, 0.717) is 11.1 Å². The molecule has 7 heteroatoms. The Bertz CT molecular complexity index is 1300. The molecular formula is C28H18Br2N2OS2. The van der Waals surface area contributed by atoms with Crippen molar-refractivity contribution in [3.05, 3.63) is 127 Å². The molecule has 4 aromatic rings. The maximum Gasteiger partial charge on any atom is 0.0991 e. The van der Waals surface area contributed by atoms with Crippen LogP contribution < -0.4 is 0 Å². The Morgan fingerprint density at radius 1 is 0.600 bits per heavy atom. The van der Waals surface area contributed by atoms with Crippen molar-refractivity contribution in [2.45, 2.75) is 22.6 Å². The van der Waals surface area contributed by atoms with E-state index >= 15 is 0 Å². The Kier molecular flexibility index (Phi) is 9.09. The molecule has 0 amide bonds. The van der Waals surface area contributed by atoms with E-state index in [4.69, 9.17) is 14.2 Å². The summed E-state index contributed by atoms with van der Waals surface area (Å²) >= 11 is 10.0. The van der Waals surface area contributed by atoms with E-state index in [1.165, 1.54) is 24.1 Å². The Morgan fingerprint density at radius 3 is 1.37 bits per heavy atom. The summed E-state index contributed by atoms with van der Waals surface area (Å²) in [5.74, 6) is 0. The van der Waals surface area contributed by atoms with Gasteiger partial charge in [-0.25, -0.2) is 3.63 Å². The van der Waals surface area contributed by atoms with Crippen LogP contribution in [-0.4, -0.2) is 0 Å². The van der Waals surface area contributed by atoms with Gasteiger partial charge in [0.2, 0.25) is 0 Å². The lowest BCUT2D eigenvalue weighted by molar-refractivity contribution is 0.753. The second-order valence-corrected chi connectivity index (χ2v) is 11.1. The van der Waals surface area contributed by atoms with Crippen LogP contribution >= 0.6 is 55.9 Å². The molecule has 0 N–H and O–H groups in total.